The van der Waals surface area contributed by atoms with Crippen LogP contribution >= 0.6 is 11.6 Å². The Morgan fingerprint density at radius 1 is 1.00 bits per heavy atom. The molecule has 3 aliphatic rings. The largest absolute Gasteiger partial charge is 0.483 e. The highest BCUT2D eigenvalue weighted by Gasteiger charge is 2.59. The molecular formula is C23H18ClNO4. The van der Waals surface area contributed by atoms with E-state index in [0.29, 0.717) is 22.0 Å². The van der Waals surface area contributed by atoms with E-state index in [1.165, 1.54) is 4.90 Å². The van der Waals surface area contributed by atoms with Crippen molar-refractivity contribution < 1.29 is 19.1 Å². The van der Waals surface area contributed by atoms with Gasteiger partial charge >= 0.3 is 0 Å². The molecule has 5 rings (SSSR count). The van der Waals surface area contributed by atoms with Crippen molar-refractivity contribution in [3.8, 4) is 5.75 Å². The number of allylic oxidation sites excluding steroid dienone is 2. The number of nitrogens with zero attached hydrogens (tertiary/aromatic N) is 1. The van der Waals surface area contributed by atoms with Crippen molar-refractivity contribution in [3.05, 3.63) is 71.3 Å². The van der Waals surface area contributed by atoms with E-state index < -0.39 is 0 Å². The Hall–Kier alpha value is -2.92. The lowest BCUT2D eigenvalue weighted by atomic mass is 9.85. The molecule has 2 fully saturated rings. The summed E-state index contributed by atoms with van der Waals surface area (Å²) in [5, 5.41) is 0.389. The average Bonchev–Trinajstić information content (AvgIpc) is 3.41. The number of fused-ring (bicyclic) bond motifs is 5. The van der Waals surface area contributed by atoms with Crippen molar-refractivity contribution in [3.63, 3.8) is 0 Å². The van der Waals surface area contributed by atoms with Crippen LogP contribution in [0.15, 0.2) is 60.7 Å². The first kappa shape index (κ1) is 18.1. The molecule has 29 heavy (non-hydrogen) atoms. The van der Waals surface area contributed by atoms with Crippen LogP contribution in [0.2, 0.25) is 5.02 Å². The molecule has 1 saturated carbocycles. The Morgan fingerprint density at radius 2 is 1.66 bits per heavy atom. The normalized spacial score (nSPS) is 26.9. The fourth-order valence-electron chi connectivity index (χ4n) is 4.78. The standard InChI is InChI=1S/C23H18ClNO4/c24-16-8-9-19(29-12-18(26)13-4-2-1-3-5-13)17(11-16)25-22(27)20-14-6-7-15(10-14)21(20)23(25)28/h1-9,11,14-15,20-21H,10,12H2/t14-,15-,20+,21+/m0/s1. The zero-order valence-electron chi connectivity index (χ0n) is 15.5. The Morgan fingerprint density at radius 3 is 2.31 bits per heavy atom. The number of carbonyl (C=O) groups excluding carboxylic acids is 3. The third-order valence-electron chi connectivity index (χ3n) is 6.09. The highest BCUT2D eigenvalue weighted by atomic mass is 35.5. The Kier molecular flexibility index (Phi) is 4.28. The van der Waals surface area contributed by atoms with E-state index in [2.05, 4.69) is 12.2 Å². The van der Waals surface area contributed by atoms with E-state index in [4.69, 9.17) is 16.3 Å². The predicted molar refractivity (Wildman–Crippen MR) is 108 cm³/mol. The first-order valence-corrected chi connectivity index (χ1v) is 9.99. The number of Topliss-reactive ketones (excluding diaryl/α,β-unsaturated/α-hetero) is 1. The maximum Gasteiger partial charge on any atom is 0.238 e. The van der Waals surface area contributed by atoms with Crippen LogP contribution in [0.25, 0.3) is 0 Å². The number of rotatable bonds is 5. The molecule has 0 aromatic heterocycles. The molecule has 4 atom stereocenters. The average molecular weight is 408 g/mol. The van der Waals surface area contributed by atoms with Gasteiger partial charge in [0.1, 0.15) is 5.75 Å². The van der Waals surface area contributed by atoms with Gasteiger partial charge in [0.2, 0.25) is 11.8 Å². The van der Waals surface area contributed by atoms with Crippen molar-refractivity contribution in [2.24, 2.45) is 23.7 Å². The number of ketones is 1. The second-order valence-corrected chi connectivity index (χ2v) is 8.14. The Bertz CT molecular complexity index is 1020. The van der Waals surface area contributed by atoms with Crippen LogP contribution in [-0.2, 0) is 9.59 Å². The molecule has 0 radical (unpaired) electrons. The summed E-state index contributed by atoms with van der Waals surface area (Å²) in [5.41, 5.74) is 0.843. The molecule has 1 aliphatic heterocycles. The number of hydrogen-bond donors (Lipinski definition) is 0. The van der Waals surface area contributed by atoms with E-state index in [9.17, 15) is 14.4 Å². The van der Waals surface area contributed by atoms with E-state index in [1.54, 1.807) is 42.5 Å². The number of carbonyl (C=O) groups is 3. The van der Waals surface area contributed by atoms with Crippen molar-refractivity contribution in [2.75, 3.05) is 11.5 Å². The number of hydrogen-bond acceptors (Lipinski definition) is 4. The zero-order valence-corrected chi connectivity index (χ0v) is 16.2. The van der Waals surface area contributed by atoms with Gasteiger partial charge in [-0.2, -0.15) is 0 Å². The maximum absolute atomic E-state index is 13.1. The SMILES string of the molecule is O=C(COc1ccc(Cl)cc1N1C(=O)[C@H]2[C@H](C1=O)[C@H]1C=C[C@H]2C1)c1ccccc1. The van der Waals surface area contributed by atoms with Gasteiger partial charge in [-0.25, -0.2) is 4.90 Å². The van der Waals surface area contributed by atoms with Gasteiger partial charge in [0.25, 0.3) is 0 Å². The predicted octanol–water partition coefficient (Wildman–Crippen LogP) is 3.91. The van der Waals surface area contributed by atoms with Gasteiger partial charge in [0.15, 0.2) is 12.4 Å². The summed E-state index contributed by atoms with van der Waals surface area (Å²) in [4.78, 5) is 39.8. The van der Waals surface area contributed by atoms with Crippen LogP contribution in [0.3, 0.4) is 0 Å². The number of imide groups is 1. The molecular weight excluding hydrogens is 390 g/mol. The topological polar surface area (TPSA) is 63.7 Å². The van der Waals surface area contributed by atoms with E-state index >= 15 is 0 Å². The molecule has 2 bridgehead atoms. The monoisotopic (exact) mass is 407 g/mol. The Labute approximate surface area is 172 Å². The fraction of sp³-hybridized carbons (Fsp3) is 0.261. The van der Waals surface area contributed by atoms with Crippen molar-refractivity contribution in [2.45, 2.75) is 6.42 Å². The lowest BCUT2D eigenvalue weighted by Gasteiger charge is -2.21. The van der Waals surface area contributed by atoms with Crippen molar-refractivity contribution >= 4 is 34.9 Å². The minimum Gasteiger partial charge on any atom is -0.483 e. The van der Waals surface area contributed by atoms with Gasteiger partial charge in [0.05, 0.1) is 17.5 Å². The summed E-state index contributed by atoms with van der Waals surface area (Å²) < 4.78 is 5.74. The number of halogens is 1. The lowest BCUT2D eigenvalue weighted by Crippen LogP contribution is -2.33. The molecule has 0 N–H and O–H groups in total. The summed E-state index contributed by atoms with van der Waals surface area (Å²) in [7, 11) is 0. The fourth-order valence-corrected chi connectivity index (χ4v) is 4.94. The third-order valence-corrected chi connectivity index (χ3v) is 6.32. The van der Waals surface area contributed by atoms with Crippen LogP contribution in [0.5, 0.6) is 5.75 Å². The quantitative estimate of drug-likeness (QED) is 0.428. The Balaban J connectivity index is 1.42. The molecule has 2 aromatic carbocycles. The molecule has 6 heteroatoms. The number of anilines is 1. The smallest absolute Gasteiger partial charge is 0.238 e. The van der Waals surface area contributed by atoms with E-state index in [1.807, 2.05) is 6.07 Å². The highest BCUT2D eigenvalue weighted by Crippen LogP contribution is 2.54. The number of benzene rings is 2. The van der Waals surface area contributed by atoms with Crippen molar-refractivity contribution in [1.82, 2.24) is 0 Å². The van der Waals surface area contributed by atoms with Gasteiger partial charge < -0.3 is 4.74 Å². The van der Waals surface area contributed by atoms with E-state index in [-0.39, 0.29) is 47.9 Å². The van der Waals surface area contributed by atoms with Gasteiger partial charge in [-0.05, 0) is 36.5 Å². The van der Waals surface area contributed by atoms with Crippen molar-refractivity contribution in [1.29, 1.82) is 0 Å². The zero-order chi connectivity index (χ0) is 20.1. The van der Waals surface area contributed by atoms with Crippen LogP contribution in [0.4, 0.5) is 5.69 Å². The summed E-state index contributed by atoms with van der Waals surface area (Å²) >= 11 is 6.16. The molecule has 2 aliphatic carbocycles. The minimum atomic E-state index is -0.310. The highest BCUT2D eigenvalue weighted by molar-refractivity contribution is 6.31. The third kappa shape index (κ3) is 2.88. The second kappa shape index (κ2) is 6.85. The maximum atomic E-state index is 13.1. The summed E-state index contributed by atoms with van der Waals surface area (Å²) in [6.07, 6.45) is 4.97. The van der Waals surface area contributed by atoms with Crippen LogP contribution < -0.4 is 9.64 Å². The summed E-state index contributed by atoms with van der Waals surface area (Å²) in [6, 6.07) is 13.6. The molecule has 146 valence electrons. The van der Waals surface area contributed by atoms with Crippen LogP contribution in [0.1, 0.15) is 16.8 Å². The summed E-state index contributed by atoms with van der Waals surface area (Å²) in [6.45, 7) is -0.200. The molecule has 0 spiro atoms. The van der Waals surface area contributed by atoms with E-state index in [0.717, 1.165) is 6.42 Å². The molecule has 5 nitrogen and oxygen atoms in total. The molecule has 1 saturated heterocycles. The van der Waals surface area contributed by atoms with Gasteiger partial charge in [-0.3, -0.25) is 14.4 Å². The first-order valence-electron chi connectivity index (χ1n) is 9.61. The van der Waals surface area contributed by atoms with Gasteiger partial charge in [0, 0.05) is 10.6 Å². The molecule has 1 heterocycles. The lowest BCUT2D eigenvalue weighted by molar-refractivity contribution is -0.123. The molecule has 2 aromatic rings. The number of ether oxygens (including phenoxy) is 1. The first-order chi connectivity index (χ1) is 14.0. The molecule has 0 unspecified atom stereocenters. The second-order valence-electron chi connectivity index (χ2n) is 7.70. The van der Waals surface area contributed by atoms with Gasteiger partial charge in [-0.1, -0.05) is 54.1 Å². The number of amides is 2. The van der Waals surface area contributed by atoms with Crippen LogP contribution in [0, 0.1) is 23.7 Å². The molecule has 2 amide bonds. The van der Waals surface area contributed by atoms with Crippen LogP contribution in [-0.4, -0.2) is 24.2 Å². The summed E-state index contributed by atoms with van der Waals surface area (Å²) in [5.74, 6) is -0.697. The van der Waals surface area contributed by atoms with Gasteiger partial charge in [-0.15, -0.1) is 0 Å². The minimum absolute atomic E-state index is 0.120.